The van der Waals surface area contributed by atoms with E-state index in [1.165, 1.54) is 11.1 Å². The van der Waals surface area contributed by atoms with Crippen LogP contribution in [-0.2, 0) is 11.2 Å². The predicted octanol–water partition coefficient (Wildman–Crippen LogP) is 3.54. The number of nitrogens with one attached hydrogen (secondary N) is 1. The minimum absolute atomic E-state index is 0.0775. The fourth-order valence-electron chi connectivity index (χ4n) is 2.27. The van der Waals surface area contributed by atoms with E-state index in [0.717, 1.165) is 11.1 Å². The van der Waals surface area contributed by atoms with Gasteiger partial charge in [0.05, 0.1) is 12.5 Å². The molecule has 0 heterocycles. The van der Waals surface area contributed by atoms with Gasteiger partial charge >= 0.3 is 0 Å². The molecule has 3 heteroatoms. The zero-order valence-electron chi connectivity index (χ0n) is 12.7. The SMILES string of the molecule is Cc1ccc(CC(=O)Nc2ccccc2C(C)O)cc1C. The third-order valence-corrected chi connectivity index (χ3v) is 3.62. The van der Waals surface area contributed by atoms with Gasteiger partial charge in [0.25, 0.3) is 0 Å². The lowest BCUT2D eigenvalue weighted by Crippen LogP contribution is -2.16. The van der Waals surface area contributed by atoms with Crippen molar-refractivity contribution >= 4 is 11.6 Å². The molecule has 0 bridgehead atoms. The van der Waals surface area contributed by atoms with Crippen LogP contribution in [0.5, 0.6) is 0 Å². The second kappa shape index (κ2) is 6.55. The molecule has 2 rings (SSSR count). The summed E-state index contributed by atoms with van der Waals surface area (Å²) < 4.78 is 0. The van der Waals surface area contributed by atoms with Gasteiger partial charge in [0.15, 0.2) is 0 Å². The summed E-state index contributed by atoms with van der Waals surface area (Å²) in [5.74, 6) is -0.0775. The van der Waals surface area contributed by atoms with Crippen LogP contribution in [0.15, 0.2) is 42.5 Å². The summed E-state index contributed by atoms with van der Waals surface area (Å²) in [4.78, 5) is 12.2. The van der Waals surface area contributed by atoms with Crippen LogP contribution >= 0.6 is 0 Å². The number of benzene rings is 2. The second-order valence-corrected chi connectivity index (χ2v) is 5.41. The Hall–Kier alpha value is -2.13. The van der Waals surface area contributed by atoms with Crippen molar-refractivity contribution < 1.29 is 9.90 Å². The minimum atomic E-state index is -0.608. The number of rotatable bonds is 4. The summed E-state index contributed by atoms with van der Waals surface area (Å²) in [5.41, 5.74) is 4.79. The molecule has 0 aliphatic carbocycles. The average molecular weight is 283 g/mol. The Kier molecular flexibility index (Phi) is 4.76. The molecular formula is C18H21NO2. The molecule has 0 aliphatic rings. The van der Waals surface area contributed by atoms with Crippen LogP contribution in [-0.4, -0.2) is 11.0 Å². The second-order valence-electron chi connectivity index (χ2n) is 5.41. The number of aryl methyl sites for hydroxylation is 2. The first kappa shape index (κ1) is 15.3. The topological polar surface area (TPSA) is 49.3 Å². The summed E-state index contributed by atoms with van der Waals surface area (Å²) in [5, 5.41) is 12.6. The molecule has 0 saturated carbocycles. The number of aliphatic hydroxyl groups excluding tert-OH is 1. The quantitative estimate of drug-likeness (QED) is 0.901. The van der Waals surface area contributed by atoms with E-state index in [-0.39, 0.29) is 5.91 Å². The molecule has 0 fully saturated rings. The molecule has 1 unspecified atom stereocenters. The maximum absolute atomic E-state index is 12.2. The molecule has 1 amide bonds. The Morgan fingerprint density at radius 2 is 1.86 bits per heavy atom. The molecule has 0 saturated heterocycles. The minimum Gasteiger partial charge on any atom is -0.389 e. The first-order valence-electron chi connectivity index (χ1n) is 7.10. The van der Waals surface area contributed by atoms with Crippen molar-refractivity contribution in [3.8, 4) is 0 Å². The van der Waals surface area contributed by atoms with Gasteiger partial charge in [-0.05, 0) is 43.5 Å². The van der Waals surface area contributed by atoms with Crippen molar-refractivity contribution in [1.82, 2.24) is 0 Å². The van der Waals surface area contributed by atoms with Crippen LogP contribution in [0.4, 0.5) is 5.69 Å². The highest BCUT2D eigenvalue weighted by Gasteiger charge is 2.10. The lowest BCUT2D eigenvalue weighted by molar-refractivity contribution is -0.115. The molecule has 1 atom stereocenters. The van der Waals surface area contributed by atoms with Crippen molar-refractivity contribution in [2.24, 2.45) is 0 Å². The Labute approximate surface area is 125 Å². The van der Waals surface area contributed by atoms with Crippen LogP contribution in [0.3, 0.4) is 0 Å². The zero-order chi connectivity index (χ0) is 15.4. The van der Waals surface area contributed by atoms with Gasteiger partial charge in [0, 0.05) is 11.3 Å². The maximum atomic E-state index is 12.2. The number of para-hydroxylation sites is 1. The van der Waals surface area contributed by atoms with E-state index in [2.05, 4.69) is 12.2 Å². The van der Waals surface area contributed by atoms with Gasteiger partial charge in [-0.25, -0.2) is 0 Å². The van der Waals surface area contributed by atoms with Crippen molar-refractivity contribution in [3.05, 3.63) is 64.7 Å². The van der Waals surface area contributed by atoms with Gasteiger partial charge in [0.1, 0.15) is 0 Å². The monoisotopic (exact) mass is 283 g/mol. The first-order chi connectivity index (χ1) is 9.97. The van der Waals surface area contributed by atoms with E-state index in [1.807, 2.05) is 43.3 Å². The Balaban J connectivity index is 2.10. The summed E-state index contributed by atoms with van der Waals surface area (Å²) in [6.45, 7) is 5.78. The molecule has 21 heavy (non-hydrogen) atoms. The fraction of sp³-hybridized carbons (Fsp3) is 0.278. The molecule has 2 aromatic carbocycles. The first-order valence-corrected chi connectivity index (χ1v) is 7.10. The van der Waals surface area contributed by atoms with Crippen molar-refractivity contribution in [2.75, 3.05) is 5.32 Å². The van der Waals surface area contributed by atoms with E-state index >= 15 is 0 Å². The number of carbonyl (C=O) groups is 1. The summed E-state index contributed by atoms with van der Waals surface area (Å²) >= 11 is 0. The molecule has 0 aromatic heterocycles. The van der Waals surface area contributed by atoms with Crippen LogP contribution in [0, 0.1) is 13.8 Å². The highest BCUT2D eigenvalue weighted by atomic mass is 16.3. The molecule has 110 valence electrons. The van der Waals surface area contributed by atoms with Crippen LogP contribution in [0.25, 0.3) is 0 Å². The number of amides is 1. The van der Waals surface area contributed by atoms with Gasteiger partial charge in [0.2, 0.25) is 5.91 Å². The van der Waals surface area contributed by atoms with Crippen LogP contribution < -0.4 is 5.32 Å². The molecule has 2 aromatic rings. The van der Waals surface area contributed by atoms with Gasteiger partial charge in [-0.1, -0.05) is 36.4 Å². The van der Waals surface area contributed by atoms with E-state index in [4.69, 9.17) is 0 Å². The molecule has 0 aliphatic heterocycles. The third-order valence-electron chi connectivity index (χ3n) is 3.62. The van der Waals surface area contributed by atoms with Crippen molar-refractivity contribution in [3.63, 3.8) is 0 Å². The van der Waals surface area contributed by atoms with Gasteiger partial charge in [-0.3, -0.25) is 4.79 Å². The van der Waals surface area contributed by atoms with Crippen LogP contribution in [0.2, 0.25) is 0 Å². The Morgan fingerprint density at radius 1 is 1.14 bits per heavy atom. The predicted molar refractivity (Wildman–Crippen MR) is 85.3 cm³/mol. The largest absolute Gasteiger partial charge is 0.389 e. The van der Waals surface area contributed by atoms with Gasteiger partial charge < -0.3 is 10.4 Å². The van der Waals surface area contributed by atoms with E-state index < -0.39 is 6.10 Å². The molecule has 0 radical (unpaired) electrons. The van der Waals surface area contributed by atoms with Crippen molar-refractivity contribution in [1.29, 1.82) is 0 Å². The summed E-state index contributed by atoms with van der Waals surface area (Å²) in [6, 6.07) is 13.4. The average Bonchev–Trinajstić information content (AvgIpc) is 2.43. The molecule has 3 nitrogen and oxygen atoms in total. The molecule has 2 N–H and O–H groups in total. The normalized spacial score (nSPS) is 12.0. The number of carbonyl (C=O) groups excluding carboxylic acids is 1. The Bertz CT molecular complexity index is 647. The van der Waals surface area contributed by atoms with Crippen LogP contribution in [0.1, 0.15) is 35.3 Å². The van der Waals surface area contributed by atoms with Gasteiger partial charge in [-0.15, -0.1) is 0 Å². The maximum Gasteiger partial charge on any atom is 0.228 e. The highest BCUT2D eigenvalue weighted by molar-refractivity contribution is 5.93. The summed E-state index contributed by atoms with van der Waals surface area (Å²) in [6.07, 6.45) is -0.280. The van der Waals surface area contributed by atoms with E-state index in [9.17, 15) is 9.90 Å². The molecule has 0 spiro atoms. The lowest BCUT2D eigenvalue weighted by atomic mass is 10.0. The lowest BCUT2D eigenvalue weighted by Gasteiger charge is -2.13. The Morgan fingerprint density at radius 3 is 2.52 bits per heavy atom. The van der Waals surface area contributed by atoms with E-state index in [1.54, 1.807) is 13.0 Å². The fourth-order valence-corrected chi connectivity index (χ4v) is 2.27. The number of anilines is 1. The van der Waals surface area contributed by atoms with Crippen molar-refractivity contribution in [2.45, 2.75) is 33.3 Å². The number of hydrogen-bond acceptors (Lipinski definition) is 2. The zero-order valence-corrected chi connectivity index (χ0v) is 12.7. The smallest absolute Gasteiger partial charge is 0.228 e. The highest BCUT2D eigenvalue weighted by Crippen LogP contribution is 2.22. The number of hydrogen-bond donors (Lipinski definition) is 2. The molecular weight excluding hydrogens is 262 g/mol. The van der Waals surface area contributed by atoms with Gasteiger partial charge in [-0.2, -0.15) is 0 Å². The standard InChI is InChI=1S/C18H21NO2/c1-12-8-9-15(10-13(12)2)11-18(21)19-17-7-5-4-6-16(17)14(3)20/h4-10,14,20H,11H2,1-3H3,(H,19,21). The van der Waals surface area contributed by atoms with E-state index in [0.29, 0.717) is 12.1 Å². The summed E-state index contributed by atoms with van der Waals surface area (Å²) in [7, 11) is 0. The third kappa shape index (κ3) is 3.92. The number of aliphatic hydroxyl groups is 1.